The number of rotatable bonds is 3. The van der Waals surface area contributed by atoms with Gasteiger partial charge in [-0.3, -0.25) is 5.73 Å². The van der Waals surface area contributed by atoms with E-state index < -0.39 is 10.1 Å². The summed E-state index contributed by atoms with van der Waals surface area (Å²) in [7, 11) is -4.08. The van der Waals surface area contributed by atoms with Gasteiger partial charge in [0.2, 0.25) is 0 Å². The molecular weight excluding hydrogens is 316 g/mol. The minimum absolute atomic E-state index is 0.0832. The number of nitrogens with two attached hydrogens (primary N) is 2. The normalized spacial score (nSPS) is 11.5. The zero-order valence-corrected chi connectivity index (χ0v) is 14.7. The Morgan fingerprint density at radius 2 is 1.57 bits per heavy atom. The summed E-state index contributed by atoms with van der Waals surface area (Å²) in [6, 6.07) is 3.57. The fourth-order valence-electron chi connectivity index (χ4n) is 2.61. The van der Waals surface area contributed by atoms with Crippen LogP contribution in [0.4, 0.5) is 11.6 Å². The van der Waals surface area contributed by atoms with Crippen molar-refractivity contribution in [3.8, 4) is 0 Å². The molecule has 124 valence electrons. The molecule has 0 aliphatic carbocycles. The Bertz CT molecular complexity index is 869. The summed E-state index contributed by atoms with van der Waals surface area (Å²) in [5.41, 5.74) is 15.1. The molecule has 0 unspecified atom stereocenters. The molecule has 0 aliphatic rings. The molecule has 7 nitrogen and oxygen atoms in total. The largest absolute Gasteiger partial charge is 0.428 e. The molecule has 0 amide bonds. The second kappa shape index (κ2) is 5.69. The molecule has 4 N–H and O–H groups in total. The predicted octanol–water partition coefficient (Wildman–Crippen LogP) is 0.893. The lowest BCUT2D eigenvalue weighted by Gasteiger charge is -2.13. The number of nitrogen functional groups attached to an aromatic ring is 2. The molecule has 1 aromatic heterocycles. The van der Waals surface area contributed by atoms with E-state index >= 15 is 0 Å². The molecule has 8 heteroatoms. The number of anilines is 2. The van der Waals surface area contributed by atoms with Crippen LogP contribution in [0, 0.1) is 34.6 Å². The van der Waals surface area contributed by atoms with E-state index in [0.29, 0.717) is 28.2 Å². The fourth-order valence-corrected chi connectivity index (χ4v) is 3.98. The van der Waals surface area contributed by atoms with Gasteiger partial charge < -0.3 is 5.73 Å². The number of benzene rings is 1. The highest BCUT2D eigenvalue weighted by molar-refractivity contribution is 7.87. The van der Waals surface area contributed by atoms with Crippen LogP contribution in [0.25, 0.3) is 0 Å². The van der Waals surface area contributed by atoms with E-state index in [1.165, 1.54) is 0 Å². The minimum atomic E-state index is -4.08. The van der Waals surface area contributed by atoms with Crippen molar-refractivity contribution in [2.75, 3.05) is 11.5 Å². The van der Waals surface area contributed by atoms with Crippen molar-refractivity contribution in [1.29, 1.82) is 0 Å². The van der Waals surface area contributed by atoms with E-state index in [0.717, 1.165) is 10.3 Å². The second-order valence-corrected chi connectivity index (χ2v) is 7.07. The molecule has 0 radical (unpaired) electrons. The highest BCUT2D eigenvalue weighted by atomic mass is 32.2. The Morgan fingerprint density at radius 3 is 2.09 bits per heavy atom. The maximum Gasteiger partial charge on any atom is 0.428 e. The van der Waals surface area contributed by atoms with Crippen LogP contribution in [0.2, 0.25) is 0 Å². The Kier molecular flexibility index (Phi) is 4.21. The monoisotopic (exact) mass is 337 g/mol. The van der Waals surface area contributed by atoms with Gasteiger partial charge in [-0.2, -0.15) is 8.42 Å². The van der Waals surface area contributed by atoms with Gasteiger partial charge in [-0.05, 0) is 50.5 Å². The summed E-state index contributed by atoms with van der Waals surface area (Å²) in [6.45, 7) is 8.65. The first-order valence-electron chi connectivity index (χ1n) is 7.01. The summed E-state index contributed by atoms with van der Waals surface area (Å²) >= 11 is 0. The van der Waals surface area contributed by atoms with Crippen LogP contribution in [0.15, 0.2) is 17.0 Å². The average Bonchev–Trinajstić information content (AvgIpc) is 2.39. The molecule has 0 bridgehead atoms. The molecule has 1 aromatic carbocycles. The van der Waals surface area contributed by atoms with E-state index in [2.05, 4.69) is 4.98 Å². The lowest BCUT2D eigenvalue weighted by atomic mass is 10.1. The van der Waals surface area contributed by atoms with E-state index in [9.17, 15) is 8.42 Å². The van der Waals surface area contributed by atoms with E-state index in [1.54, 1.807) is 39.8 Å². The summed E-state index contributed by atoms with van der Waals surface area (Å²) in [5, 5.41) is 0. The summed E-state index contributed by atoms with van der Waals surface area (Å²) in [5.74, 6) is -0.0832. The molecule has 0 saturated carbocycles. The maximum absolute atomic E-state index is 12.7. The smallest absolute Gasteiger partial charge is 0.393 e. The topological polar surface area (TPSA) is 112 Å². The Hall–Kier alpha value is -2.35. The van der Waals surface area contributed by atoms with Crippen LogP contribution < -0.4 is 20.5 Å². The third-order valence-corrected chi connectivity index (χ3v) is 5.09. The average molecular weight is 337 g/mol. The Labute approximate surface area is 136 Å². The van der Waals surface area contributed by atoms with Gasteiger partial charge in [0.1, 0.15) is 22.0 Å². The molecule has 0 fully saturated rings. The van der Waals surface area contributed by atoms with Crippen molar-refractivity contribution < 1.29 is 17.4 Å². The first-order valence-corrected chi connectivity index (χ1v) is 8.42. The number of hydrogen-bond donors (Lipinski definition) is 2. The van der Waals surface area contributed by atoms with Crippen LogP contribution in [-0.2, 0) is 10.1 Å². The molecule has 1 heterocycles. The van der Waals surface area contributed by atoms with E-state index in [-0.39, 0.29) is 10.8 Å². The zero-order chi connectivity index (χ0) is 17.5. The van der Waals surface area contributed by atoms with Crippen molar-refractivity contribution in [3.05, 3.63) is 40.2 Å². The van der Waals surface area contributed by atoms with Crippen LogP contribution in [-0.4, -0.2) is 13.4 Å². The number of nitrogens with zero attached hydrogens (tertiary/aromatic N) is 2. The van der Waals surface area contributed by atoms with E-state index in [1.807, 2.05) is 6.92 Å². The van der Waals surface area contributed by atoms with Crippen molar-refractivity contribution in [1.82, 2.24) is 4.98 Å². The van der Waals surface area contributed by atoms with Gasteiger partial charge in [0.15, 0.2) is 0 Å². The van der Waals surface area contributed by atoms with Crippen LogP contribution in [0.1, 0.15) is 28.1 Å². The third kappa shape index (κ3) is 3.07. The third-order valence-electron chi connectivity index (χ3n) is 3.60. The molecule has 0 atom stereocenters. The van der Waals surface area contributed by atoms with Crippen LogP contribution >= 0.6 is 0 Å². The first-order chi connectivity index (χ1) is 10.5. The minimum Gasteiger partial charge on any atom is -0.393 e. The SMILES string of the molecule is Cc1cc(C)c(S(=O)(=O)O[n+]2c(N)nc(C)c(N)c2C)c(C)c1. The summed E-state index contributed by atoms with van der Waals surface area (Å²) < 4.78 is 31.5. The number of aromatic nitrogens is 2. The quantitative estimate of drug-likeness (QED) is 0.805. The lowest BCUT2D eigenvalue weighted by molar-refractivity contribution is -0.850. The number of aryl methyl sites for hydroxylation is 4. The highest BCUT2D eigenvalue weighted by Crippen LogP contribution is 2.22. The molecular formula is C15H21N4O3S+. The highest BCUT2D eigenvalue weighted by Gasteiger charge is 2.28. The van der Waals surface area contributed by atoms with Gasteiger partial charge in [-0.15, -0.1) is 0 Å². The molecule has 0 spiro atoms. The molecule has 2 rings (SSSR count). The summed E-state index contributed by atoms with van der Waals surface area (Å²) in [6.07, 6.45) is 0. The van der Waals surface area contributed by atoms with Gasteiger partial charge in [0, 0.05) is 0 Å². The van der Waals surface area contributed by atoms with Gasteiger partial charge in [-0.1, -0.05) is 22.7 Å². The standard InChI is InChI=1S/C15H20N4O3S/c1-8-6-9(2)14(10(3)7-8)23(20,21)22-19-12(5)13(16)11(4)18-15(19)17/h6-7,17H,16H2,1-5H3/p+1. The number of hydrogen-bond acceptors (Lipinski definition) is 6. The Morgan fingerprint density at radius 1 is 1.04 bits per heavy atom. The maximum atomic E-state index is 12.7. The second-order valence-electron chi connectivity index (χ2n) is 5.61. The van der Waals surface area contributed by atoms with Crippen LogP contribution in [0.3, 0.4) is 0 Å². The van der Waals surface area contributed by atoms with Gasteiger partial charge in [0.25, 0.3) is 0 Å². The van der Waals surface area contributed by atoms with Gasteiger partial charge in [0.05, 0.1) is 0 Å². The van der Waals surface area contributed by atoms with Crippen molar-refractivity contribution in [2.24, 2.45) is 0 Å². The summed E-state index contributed by atoms with van der Waals surface area (Å²) in [4.78, 5) is 4.12. The van der Waals surface area contributed by atoms with Crippen molar-refractivity contribution >= 4 is 21.8 Å². The van der Waals surface area contributed by atoms with E-state index in [4.69, 9.17) is 15.8 Å². The molecule has 2 aromatic rings. The molecule has 23 heavy (non-hydrogen) atoms. The first kappa shape index (κ1) is 17.0. The van der Waals surface area contributed by atoms with Crippen molar-refractivity contribution in [2.45, 2.75) is 39.5 Å². The Balaban J connectivity index is 2.59. The molecule has 0 saturated heterocycles. The van der Waals surface area contributed by atoms with Gasteiger partial charge >= 0.3 is 16.1 Å². The van der Waals surface area contributed by atoms with Gasteiger partial charge in [-0.25, -0.2) is 4.28 Å². The van der Waals surface area contributed by atoms with Crippen LogP contribution in [0.5, 0.6) is 0 Å². The zero-order valence-electron chi connectivity index (χ0n) is 13.8. The fraction of sp³-hybridized carbons (Fsp3) is 0.333. The lowest BCUT2D eigenvalue weighted by Crippen LogP contribution is -2.51. The van der Waals surface area contributed by atoms with Crippen molar-refractivity contribution in [3.63, 3.8) is 0 Å². The molecule has 0 aliphatic heterocycles. The predicted molar refractivity (Wildman–Crippen MR) is 87.1 cm³/mol.